The van der Waals surface area contributed by atoms with Gasteiger partial charge in [0.25, 0.3) is 0 Å². The highest BCUT2D eigenvalue weighted by Crippen LogP contribution is 2.29. The van der Waals surface area contributed by atoms with Gasteiger partial charge in [0, 0.05) is 29.6 Å². The predicted octanol–water partition coefficient (Wildman–Crippen LogP) is 11.8. The first-order valence-corrected chi connectivity index (χ1v) is 25.1. The molecular weight excluding hydrogens is 965 g/mol. The molecule has 14 nitrogen and oxygen atoms in total. The largest absolute Gasteiger partial charge is 0.494 e. The van der Waals surface area contributed by atoms with Gasteiger partial charge in [-0.1, -0.05) is 79.9 Å². The van der Waals surface area contributed by atoms with Crippen LogP contribution in [-0.4, -0.2) is 75.7 Å². The zero-order valence-electron chi connectivity index (χ0n) is 43.0. The van der Waals surface area contributed by atoms with Crippen molar-refractivity contribution in [1.29, 1.82) is 10.5 Å². The average molecular weight is 1030 g/mol. The first-order chi connectivity index (χ1) is 36.8. The molecule has 0 radical (unpaired) electrons. The number of carbonyl (C=O) groups excluding carboxylic acids is 4. The molecule has 0 heterocycles. The third-order valence-corrected chi connectivity index (χ3v) is 11.8. The normalized spacial score (nSPS) is 12.4. The summed E-state index contributed by atoms with van der Waals surface area (Å²) in [6.45, 7) is 10.6. The Kier molecular flexibility index (Phi) is 22.1. The van der Waals surface area contributed by atoms with Crippen LogP contribution in [0.4, 0.5) is 0 Å². The minimum Gasteiger partial charge on any atom is -0.494 e. The van der Waals surface area contributed by atoms with Crippen molar-refractivity contribution >= 4 is 29.5 Å². The third-order valence-electron chi connectivity index (χ3n) is 11.8. The van der Waals surface area contributed by atoms with Crippen LogP contribution in [-0.2, 0) is 38.1 Å². The van der Waals surface area contributed by atoms with Gasteiger partial charge in [-0.15, -0.1) is 0 Å². The Bertz CT molecular complexity index is 2910. The van der Waals surface area contributed by atoms with Crippen molar-refractivity contribution < 1.29 is 57.1 Å². The SMILES string of the molecule is C=C(C)C(=O)OCC(COc1ccc(-c2ccc(OCC(COC(=O)C(=C)C)OC(=O)CCCCOc3ccc(-c4ccc(C#N)cc4)cc3)cc2)cc1)OC(=O)CCCCOc1ccc(C2=CC=C(C#N)CC2)cc1. The van der Waals surface area contributed by atoms with Crippen LogP contribution in [0.2, 0.25) is 0 Å². The highest BCUT2D eigenvalue weighted by atomic mass is 16.6. The lowest BCUT2D eigenvalue weighted by Gasteiger charge is -2.19. The van der Waals surface area contributed by atoms with Crippen LogP contribution in [0.25, 0.3) is 27.8 Å². The van der Waals surface area contributed by atoms with Gasteiger partial charge < -0.3 is 37.9 Å². The van der Waals surface area contributed by atoms with Gasteiger partial charge >= 0.3 is 23.9 Å². The Hall–Kier alpha value is -8.88. The Morgan fingerprint density at radius 3 is 1.21 bits per heavy atom. The second-order valence-electron chi connectivity index (χ2n) is 18.0. The van der Waals surface area contributed by atoms with Gasteiger partial charge in [-0.3, -0.25) is 9.59 Å². The zero-order chi connectivity index (χ0) is 54.1. The average Bonchev–Trinajstić information content (AvgIpc) is 3.44. The smallest absolute Gasteiger partial charge is 0.333 e. The van der Waals surface area contributed by atoms with Crippen molar-refractivity contribution in [1.82, 2.24) is 0 Å². The molecule has 0 aromatic heterocycles. The third kappa shape index (κ3) is 18.9. The van der Waals surface area contributed by atoms with Gasteiger partial charge in [-0.2, -0.15) is 10.5 Å². The fourth-order valence-corrected chi connectivity index (χ4v) is 7.51. The van der Waals surface area contributed by atoms with Gasteiger partial charge in [0.05, 0.1) is 30.9 Å². The molecule has 6 rings (SSSR count). The molecule has 0 N–H and O–H groups in total. The lowest BCUT2D eigenvalue weighted by molar-refractivity contribution is -0.159. The van der Waals surface area contributed by atoms with Crippen LogP contribution < -0.4 is 18.9 Å². The monoisotopic (exact) mass is 1030 g/mol. The van der Waals surface area contributed by atoms with Crippen molar-refractivity contribution in [2.75, 3.05) is 39.6 Å². The Labute approximate surface area is 444 Å². The summed E-state index contributed by atoms with van der Waals surface area (Å²) in [4.78, 5) is 50.2. The second kappa shape index (κ2) is 29.7. The lowest BCUT2D eigenvalue weighted by atomic mass is 9.94. The Morgan fingerprint density at radius 2 is 0.855 bits per heavy atom. The molecule has 2 unspecified atom stereocenters. The number of allylic oxidation sites excluding steroid dienone is 4. The maximum absolute atomic E-state index is 12.9. The van der Waals surface area contributed by atoms with E-state index in [4.69, 9.17) is 48.4 Å². The molecule has 0 amide bonds. The van der Waals surface area contributed by atoms with Gasteiger partial charge in [0.15, 0.2) is 12.2 Å². The number of rotatable bonds is 29. The van der Waals surface area contributed by atoms with E-state index in [9.17, 15) is 19.2 Å². The number of esters is 4. The highest BCUT2D eigenvalue weighted by molar-refractivity contribution is 5.87. The minimum absolute atomic E-state index is 0.0657. The Morgan fingerprint density at radius 1 is 0.474 bits per heavy atom. The summed E-state index contributed by atoms with van der Waals surface area (Å²) in [6.07, 6.45) is 6.19. The number of ether oxygens (including phenoxy) is 8. The van der Waals surface area contributed by atoms with Crippen LogP contribution >= 0.6 is 0 Å². The number of carbonyl (C=O) groups is 4. The van der Waals surface area contributed by atoms with Crippen LogP contribution in [0.5, 0.6) is 23.0 Å². The fourth-order valence-electron chi connectivity index (χ4n) is 7.51. The van der Waals surface area contributed by atoms with Crippen molar-refractivity contribution in [3.05, 3.63) is 174 Å². The molecule has 0 spiro atoms. The van der Waals surface area contributed by atoms with E-state index >= 15 is 0 Å². The summed E-state index contributed by atoms with van der Waals surface area (Å²) in [5, 5.41) is 18.1. The van der Waals surface area contributed by atoms with E-state index in [1.807, 2.05) is 97.1 Å². The number of hydrogen-bond acceptors (Lipinski definition) is 14. The molecule has 14 heteroatoms. The van der Waals surface area contributed by atoms with Crippen molar-refractivity contribution in [2.24, 2.45) is 0 Å². The molecule has 1 aliphatic rings. The first kappa shape index (κ1) is 56.4. The topological polar surface area (TPSA) is 190 Å². The van der Waals surface area contributed by atoms with Crippen molar-refractivity contribution in [2.45, 2.75) is 77.4 Å². The van der Waals surface area contributed by atoms with Crippen LogP contribution in [0.15, 0.2) is 163 Å². The van der Waals surface area contributed by atoms with E-state index in [0.717, 1.165) is 52.0 Å². The number of nitrogens with zero attached hydrogens (tertiary/aromatic N) is 2. The summed E-state index contributed by atoms with van der Waals surface area (Å²) >= 11 is 0. The van der Waals surface area contributed by atoms with Crippen LogP contribution in [0.1, 0.15) is 76.3 Å². The van der Waals surface area contributed by atoms with Gasteiger partial charge in [-0.25, -0.2) is 9.59 Å². The van der Waals surface area contributed by atoms with E-state index in [1.165, 1.54) is 19.4 Å². The maximum atomic E-state index is 12.9. The number of hydrogen-bond donors (Lipinski definition) is 0. The van der Waals surface area contributed by atoms with Crippen molar-refractivity contribution in [3.8, 4) is 57.4 Å². The molecule has 1 aliphatic carbocycles. The Balaban J connectivity index is 0.914. The summed E-state index contributed by atoms with van der Waals surface area (Å²) in [7, 11) is 0. The van der Waals surface area contributed by atoms with Gasteiger partial charge in [0.1, 0.15) is 49.4 Å². The molecule has 76 heavy (non-hydrogen) atoms. The fraction of sp³-hybridized carbons (Fsp3) is 0.290. The number of benzene rings is 5. The summed E-state index contributed by atoms with van der Waals surface area (Å²) in [5.41, 5.74) is 7.83. The lowest BCUT2D eigenvalue weighted by Crippen LogP contribution is -2.31. The molecule has 0 aliphatic heterocycles. The molecular formula is C62H62N2O12. The van der Waals surface area contributed by atoms with Crippen LogP contribution in [0.3, 0.4) is 0 Å². The van der Waals surface area contributed by atoms with Crippen molar-refractivity contribution in [3.63, 3.8) is 0 Å². The number of unbranched alkanes of at least 4 members (excludes halogenated alkanes) is 2. The molecule has 0 saturated carbocycles. The standard InChI is InChI=1S/C62H62N2O12/c1-43(2)61(67)73-41-57(75-59(65)9-5-7-35-69-53-27-19-49(20-28-53)47-15-11-45(37-63)12-16-47)39-71-55-31-23-51(24-32-55)52-25-33-56(34-26-52)72-40-58(42-74-62(68)44(3)4)76-60(66)10-6-8-36-70-54-29-21-50(22-30-54)48-17-13-46(38-64)14-18-48/h11-13,15-17,19-34,57-58H,1,3,5-10,14,18,35-36,39-42H2,2,4H3. The highest BCUT2D eigenvalue weighted by Gasteiger charge is 2.21. The molecule has 0 saturated heterocycles. The first-order valence-electron chi connectivity index (χ1n) is 25.1. The van der Waals surface area contributed by atoms with E-state index in [-0.39, 0.29) is 50.4 Å². The maximum Gasteiger partial charge on any atom is 0.333 e. The number of nitriles is 2. The molecule has 392 valence electrons. The van der Waals surface area contributed by atoms with E-state index in [2.05, 4.69) is 25.3 Å². The quantitative estimate of drug-likeness (QED) is 0.0190. The van der Waals surface area contributed by atoms with E-state index < -0.39 is 36.1 Å². The van der Waals surface area contributed by atoms with Gasteiger partial charge in [-0.05, 0) is 153 Å². The molecule has 0 bridgehead atoms. The zero-order valence-corrected chi connectivity index (χ0v) is 43.0. The summed E-state index contributed by atoms with van der Waals surface area (Å²) in [6, 6.07) is 41.8. The van der Waals surface area contributed by atoms with Crippen LogP contribution in [0, 0.1) is 22.7 Å². The molecule has 5 aromatic rings. The summed E-state index contributed by atoms with van der Waals surface area (Å²) in [5.74, 6) is 0.299. The van der Waals surface area contributed by atoms with Gasteiger partial charge in [0.2, 0.25) is 0 Å². The second-order valence-corrected chi connectivity index (χ2v) is 18.0. The molecule has 2 atom stereocenters. The summed E-state index contributed by atoms with van der Waals surface area (Å²) < 4.78 is 45.7. The molecule has 5 aromatic carbocycles. The predicted molar refractivity (Wildman–Crippen MR) is 287 cm³/mol. The van der Waals surface area contributed by atoms with E-state index in [0.29, 0.717) is 61.7 Å². The van der Waals surface area contributed by atoms with E-state index in [1.54, 1.807) is 36.4 Å². The molecule has 0 fully saturated rings. The minimum atomic E-state index is -0.874.